The summed E-state index contributed by atoms with van der Waals surface area (Å²) in [4.78, 5) is 8.71. The highest BCUT2D eigenvalue weighted by Gasteiger charge is 2.02. The molecule has 0 heterocycles. The Balaban J connectivity index is 3.72. The van der Waals surface area contributed by atoms with E-state index in [-0.39, 0.29) is 0 Å². The topological polar surface area (TPSA) is 18.8 Å². The van der Waals surface area contributed by atoms with E-state index in [9.17, 15) is 0 Å². The van der Waals surface area contributed by atoms with E-state index in [4.69, 9.17) is 0 Å². The van der Waals surface area contributed by atoms with E-state index in [0.29, 0.717) is 0 Å². The Labute approximate surface area is 105 Å². The van der Waals surface area contributed by atoms with E-state index >= 15 is 0 Å². The third-order valence-corrected chi connectivity index (χ3v) is 3.43. The fourth-order valence-electron chi connectivity index (χ4n) is 1.35. The normalized spacial score (nSPS) is 10.4. The summed E-state index contributed by atoms with van der Waals surface area (Å²) in [5.74, 6) is 4.33. The lowest BCUT2D eigenvalue weighted by atomic mass is 10.3. The first-order valence-corrected chi connectivity index (χ1v) is 7.07. The van der Waals surface area contributed by atoms with Crippen LogP contribution < -0.4 is 0 Å². The summed E-state index contributed by atoms with van der Waals surface area (Å²) in [5, 5.41) is 0. The number of thioether (sulfide) groups is 1. The molecule has 0 N–H and O–H groups in total. The molecule has 0 aromatic rings. The molecule has 0 aliphatic carbocycles. The molecule has 0 saturated heterocycles. The Bertz CT molecular complexity index is 190. The molecule has 0 aliphatic heterocycles. The van der Waals surface area contributed by atoms with Crippen LogP contribution in [0.1, 0.15) is 20.3 Å². The van der Waals surface area contributed by atoms with E-state index in [0.717, 1.165) is 18.4 Å². The number of rotatable bonds is 6. The molecule has 0 saturated carbocycles. The minimum Gasteiger partial charge on any atom is -0.349 e. The number of hydrogen-bond donors (Lipinski definition) is 0. The maximum absolute atomic E-state index is 4.59. The summed E-state index contributed by atoms with van der Waals surface area (Å²) in [5.41, 5.74) is 0. The summed E-state index contributed by atoms with van der Waals surface area (Å²) >= 11 is 2.03. The van der Waals surface area contributed by atoms with E-state index in [1.54, 1.807) is 0 Å². The highest BCUT2D eigenvalue weighted by molar-refractivity contribution is 7.99. The summed E-state index contributed by atoms with van der Waals surface area (Å²) in [6.07, 6.45) is 1.17. The smallest absolute Gasteiger partial charge is 0.195 e. The van der Waals surface area contributed by atoms with Crippen molar-refractivity contribution in [3.05, 3.63) is 0 Å². The molecule has 0 spiro atoms. The van der Waals surface area contributed by atoms with Crippen molar-refractivity contribution < 1.29 is 0 Å². The quantitative estimate of drug-likeness (QED) is 0.406. The van der Waals surface area contributed by atoms with Crippen molar-refractivity contribution in [2.24, 2.45) is 10.9 Å². The van der Waals surface area contributed by atoms with E-state index in [2.05, 4.69) is 28.6 Å². The lowest BCUT2D eigenvalue weighted by molar-refractivity contribution is 0.479. The van der Waals surface area contributed by atoms with Gasteiger partial charge in [-0.25, -0.2) is 0 Å². The Morgan fingerprint density at radius 1 is 1.12 bits per heavy atom. The van der Waals surface area contributed by atoms with Gasteiger partial charge in [0.25, 0.3) is 0 Å². The van der Waals surface area contributed by atoms with Gasteiger partial charge in [-0.05, 0) is 23.8 Å². The third-order valence-electron chi connectivity index (χ3n) is 1.95. The molecule has 0 aromatic carbocycles. The van der Waals surface area contributed by atoms with Crippen LogP contribution in [-0.4, -0.2) is 62.0 Å². The van der Waals surface area contributed by atoms with Crippen molar-refractivity contribution in [2.45, 2.75) is 20.3 Å². The SMILES string of the molecule is CC(C)CSCCCN=C(N(C)C)N(C)C. The Morgan fingerprint density at radius 2 is 1.69 bits per heavy atom. The zero-order chi connectivity index (χ0) is 12.6. The molecular weight excluding hydrogens is 218 g/mol. The van der Waals surface area contributed by atoms with Crippen molar-refractivity contribution in [1.82, 2.24) is 9.80 Å². The van der Waals surface area contributed by atoms with Gasteiger partial charge in [0.2, 0.25) is 0 Å². The number of nitrogens with zero attached hydrogens (tertiary/aromatic N) is 3. The Morgan fingerprint density at radius 3 is 2.12 bits per heavy atom. The maximum atomic E-state index is 4.59. The summed E-state index contributed by atoms with van der Waals surface area (Å²) < 4.78 is 0. The van der Waals surface area contributed by atoms with Gasteiger partial charge in [-0.3, -0.25) is 4.99 Å². The standard InChI is InChI=1S/C12H27N3S/c1-11(2)10-16-9-7-8-13-12(14(3)4)15(5)6/h11H,7-10H2,1-6H3. The average molecular weight is 245 g/mol. The zero-order valence-corrected chi connectivity index (χ0v) is 12.5. The van der Waals surface area contributed by atoms with Gasteiger partial charge in [-0.15, -0.1) is 0 Å². The molecule has 4 heteroatoms. The molecule has 0 fully saturated rings. The minimum atomic E-state index is 0.799. The molecule has 16 heavy (non-hydrogen) atoms. The highest BCUT2D eigenvalue weighted by Crippen LogP contribution is 2.08. The van der Waals surface area contributed by atoms with Gasteiger partial charge in [-0.1, -0.05) is 13.8 Å². The zero-order valence-electron chi connectivity index (χ0n) is 11.7. The number of guanidine groups is 1. The molecule has 0 aliphatic rings. The molecular formula is C12H27N3S. The first-order chi connectivity index (χ1) is 7.45. The molecule has 0 atom stereocenters. The second-order valence-corrected chi connectivity index (χ2v) is 5.94. The third kappa shape index (κ3) is 7.85. The molecule has 96 valence electrons. The van der Waals surface area contributed by atoms with Crippen LogP contribution in [0.2, 0.25) is 0 Å². The molecule has 3 nitrogen and oxygen atoms in total. The van der Waals surface area contributed by atoms with Crippen molar-refractivity contribution >= 4 is 17.7 Å². The average Bonchev–Trinajstić information content (AvgIpc) is 2.14. The molecule has 0 amide bonds. The van der Waals surface area contributed by atoms with Gasteiger partial charge in [0, 0.05) is 34.7 Å². The van der Waals surface area contributed by atoms with Crippen molar-refractivity contribution in [1.29, 1.82) is 0 Å². The van der Waals surface area contributed by atoms with Crippen LogP contribution in [0.4, 0.5) is 0 Å². The van der Waals surface area contributed by atoms with Crippen LogP contribution in [0.5, 0.6) is 0 Å². The lowest BCUT2D eigenvalue weighted by Crippen LogP contribution is -2.35. The highest BCUT2D eigenvalue weighted by atomic mass is 32.2. The van der Waals surface area contributed by atoms with Gasteiger partial charge >= 0.3 is 0 Å². The van der Waals surface area contributed by atoms with Crippen LogP contribution in [-0.2, 0) is 0 Å². The van der Waals surface area contributed by atoms with Crippen molar-refractivity contribution in [2.75, 3.05) is 46.2 Å². The Kier molecular flexibility index (Phi) is 8.53. The first-order valence-electron chi connectivity index (χ1n) is 5.92. The summed E-state index contributed by atoms with van der Waals surface area (Å²) in [6, 6.07) is 0. The Hall–Kier alpha value is -0.380. The van der Waals surface area contributed by atoms with Gasteiger partial charge in [0.05, 0.1) is 0 Å². The summed E-state index contributed by atoms with van der Waals surface area (Å²) in [7, 11) is 8.14. The van der Waals surface area contributed by atoms with Crippen LogP contribution in [0, 0.1) is 5.92 Å². The maximum Gasteiger partial charge on any atom is 0.195 e. The van der Waals surface area contributed by atoms with Crippen LogP contribution >= 0.6 is 11.8 Å². The molecule has 0 rings (SSSR count). The van der Waals surface area contributed by atoms with Gasteiger partial charge in [-0.2, -0.15) is 11.8 Å². The monoisotopic (exact) mass is 245 g/mol. The van der Waals surface area contributed by atoms with E-state index < -0.39 is 0 Å². The fourth-order valence-corrected chi connectivity index (χ4v) is 2.32. The molecule has 0 radical (unpaired) electrons. The van der Waals surface area contributed by atoms with E-state index in [1.165, 1.54) is 17.9 Å². The van der Waals surface area contributed by atoms with E-state index in [1.807, 2.05) is 40.0 Å². The summed E-state index contributed by atoms with van der Waals surface area (Å²) in [6.45, 7) is 5.46. The first kappa shape index (κ1) is 15.6. The van der Waals surface area contributed by atoms with Gasteiger partial charge in [0.1, 0.15) is 0 Å². The number of hydrogen-bond acceptors (Lipinski definition) is 2. The fraction of sp³-hybridized carbons (Fsp3) is 0.917. The van der Waals surface area contributed by atoms with Crippen molar-refractivity contribution in [3.63, 3.8) is 0 Å². The van der Waals surface area contributed by atoms with Crippen LogP contribution in [0.3, 0.4) is 0 Å². The van der Waals surface area contributed by atoms with Crippen LogP contribution in [0.25, 0.3) is 0 Å². The minimum absolute atomic E-state index is 0.799. The predicted octanol–water partition coefficient (Wildman–Crippen LogP) is 2.24. The number of aliphatic imine (C=N–C) groups is 1. The second-order valence-electron chi connectivity index (χ2n) is 4.79. The van der Waals surface area contributed by atoms with Gasteiger partial charge in [0.15, 0.2) is 5.96 Å². The molecule has 0 bridgehead atoms. The van der Waals surface area contributed by atoms with Gasteiger partial charge < -0.3 is 9.80 Å². The molecule has 0 unspecified atom stereocenters. The largest absolute Gasteiger partial charge is 0.349 e. The van der Waals surface area contributed by atoms with Crippen LogP contribution in [0.15, 0.2) is 4.99 Å². The molecule has 0 aromatic heterocycles. The second kappa shape index (κ2) is 8.74. The lowest BCUT2D eigenvalue weighted by Gasteiger charge is -2.22. The van der Waals surface area contributed by atoms with Crippen molar-refractivity contribution in [3.8, 4) is 0 Å². The predicted molar refractivity (Wildman–Crippen MR) is 76.5 cm³/mol.